The highest BCUT2D eigenvalue weighted by Gasteiger charge is 2.33. The number of amidine groups is 1. The summed E-state index contributed by atoms with van der Waals surface area (Å²) < 4.78 is 50.7. The third-order valence-electron chi connectivity index (χ3n) is 6.37. The molecule has 7 nitrogen and oxygen atoms in total. The molecule has 5 rings (SSSR count). The van der Waals surface area contributed by atoms with Gasteiger partial charge in [0.1, 0.15) is 23.0 Å². The molecule has 1 fully saturated rings. The van der Waals surface area contributed by atoms with Crippen LogP contribution in [0.4, 0.5) is 29.3 Å². The van der Waals surface area contributed by atoms with Crippen LogP contribution in [0.25, 0.3) is 0 Å². The van der Waals surface area contributed by atoms with E-state index in [1.165, 1.54) is 12.1 Å². The quantitative estimate of drug-likeness (QED) is 0.450. The summed E-state index contributed by atoms with van der Waals surface area (Å²) in [6.07, 6.45) is -4.48. The summed E-state index contributed by atoms with van der Waals surface area (Å²) in [6.45, 7) is 3.21. The van der Waals surface area contributed by atoms with Gasteiger partial charge in [0, 0.05) is 37.4 Å². The molecule has 0 aromatic heterocycles. The number of amides is 2. The van der Waals surface area contributed by atoms with E-state index in [0.29, 0.717) is 48.4 Å². The van der Waals surface area contributed by atoms with Crippen molar-refractivity contribution < 1.29 is 27.4 Å². The van der Waals surface area contributed by atoms with E-state index in [4.69, 9.17) is 14.5 Å². The van der Waals surface area contributed by atoms with Crippen LogP contribution in [0.5, 0.6) is 17.2 Å². The van der Waals surface area contributed by atoms with E-state index in [9.17, 15) is 18.0 Å². The molecule has 3 aromatic carbocycles. The van der Waals surface area contributed by atoms with Gasteiger partial charge in [-0.15, -0.1) is 0 Å². The van der Waals surface area contributed by atoms with Gasteiger partial charge in [-0.05, 0) is 49.4 Å². The zero-order valence-corrected chi connectivity index (χ0v) is 20.2. The van der Waals surface area contributed by atoms with Crippen LogP contribution in [-0.2, 0) is 6.18 Å². The molecule has 1 unspecified atom stereocenters. The lowest BCUT2D eigenvalue weighted by Crippen LogP contribution is -2.56. The van der Waals surface area contributed by atoms with Crippen molar-refractivity contribution >= 4 is 23.2 Å². The highest BCUT2D eigenvalue weighted by atomic mass is 19.4. The van der Waals surface area contributed by atoms with Gasteiger partial charge in [0.15, 0.2) is 5.75 Å². The predicted octanol–water partition coefficient (Wildman–Crippen LogP) is 6.14. The lowest BCUT2D eigenvalue weighted by atomic mass is 10.1. The van der Waals surface area contributed by atoms with Gasteiger partial charge in [-0.1, -0.05) is 18.2 Å². The average molecular weight is 511 g/mol. The topological polar surface area (TPSA) is 66.4 Å². The zero-order valence-electron chi connectivity index (χ0n) is 20.2. The number of alkyl halides is 3. The maximum absolute atomic E-state index is 13.1. The molecule has 0 aliphatic carbocycles. The van der Waals surface area contributed by atoms with E-state index in [0.717, 1.165) is 17.7 Å². The van der Waals surface area contributed by atoms with Gasteiger partial charge in [0.25, 0.3) is 0 Å². The number of ether oxygens (including phenoxy) is 2. The van der Waals surface area contributed by atoms with Crippen molar-refractivity contribution in [2.45, 2.75) is 19.1 Å². The number of carbonyl (C=O) groups is 1. The smallest absolute Gasteiger partial charge is 0.416 e. The molecule has 37 heavy (non-hydrogen) atoms. The van der Waals surface area contributed by atoms with Crippen molar-refractivity contribution in [2.75, 3.05) is 32.1 Å². The number of halogens is 3. The number of para-hydroxylation sites is 2. The average Bonchev–Trinajstić information content (AvgIpc) is 3.04. The molecular formula is C27H25F3N4O3. The van der Waals surface area contributed by atoms with E-state index >= 15 is 0 Å². The fourth-order valence-corrected chi connectivity index (χ4v) is 4.49. The van der Waals surface area contributed by atoms with Crippen LogP contribution < -0.4 is 14.8 Å². The van der Waals surface area contributed by atoms with Crippen molar-refractivity contribution in [1.29, 1.82) is 0 Å². The second-order valence-electron chi connectivity index (χ2n) is 8.86. The molecule has 2 heterocycles. The maximum atomic E-state index is 13.1. The number of aliphatic imine (C=N–C) groups is 1. The van der Waals surface area contributed by atoms with Crippen LogP contribution >= 0.6 is 0 Å². The second kappa shape index (κ2) is 9.68. The van der Waals surface area contributed by atoms with Crippen LogP contribution in [0.1, 0.15) is 18.1 Å². The number of piperazine rings is 1. The Bertz CT molecular complexity index is 1360. The summed E-state index contributed by atoms with van der Waals surface area (Å²) in [6, 6.07) is 17.0. The SMILES string of the molecule is COc1ccc2c(c1)Oc1ccccc1N=C2N1CCN(C(=O)Nc2cccc(C(F)(F)F)c2)C(C)C1. The summed E-state index contributed by atoms with van der Waals surface area (Å²) in [5, 5.41) is 2.60. The predicted molar refractivity (Wildman–Crippen MR) is 134 cm³/mol. The summed E-state index contributed by atoms with van der Waals surface area (Å²) >= 11 is 0. The molecule has 3 aromatic rings. The molecule has 1 N–H and O–H groups in total. The highest BCUT2D eigenvalue weighted by molar-refractivity contribution is 6.04. The first kappa shape index (κ1) is 24.5. The molecule has 2 aliphatic heterocycles. The van der Waals surface area contributed by atoms with Crippen molar-refractivity contribution in [3.8, 4) is 17.2 Å². The van der Waals surface area contributed by atoms with Crippen LogP contribution in [0, 0.1) is 0 Å². The molecule has 2 amide bonds. The van der Waals surface area contributed by atoms with E-state index in [1.54, 1.807) is 12.0 Å². The maximum Gasteiger partial charge on any atom is 0.416 e. The fourth-order valence-electron chi connectivity index (χ4n) is 4.49. The third-order valence-corrected chi connectivity index (χ3v) is 6.37. The van der Waals surface area contributed by atoms with Crippen LogP contribution in [0.2, 0.25) is 0 Å². The van der Waals surface area contributed by atoms with Gasteiger partial charge >= 0.3 is 12.2 Å². The van der Waals surface area contributed by atoms with Gasteiger partial charge in [-0.2, -0.15) is 13.2 Å². The Balaban J connectivity index is 1.37. The van der Waals surface area contributed by atoms with Gasteiger partial charge in [-0.25, -0.2) is 9.79 Å². The normalized spacial score (nSPS) is 17.1. The monoisotopic (exact) mass is 510 g/mol. The molecule has 192 valence electrons. The molecule has 2 aliphatic rings. The number of benzene rings is 3. The van der Waals surface area contributed by atoms with Crippen molar-refractivity contribution in [3.63, 3.8) is 0 Å². The second-order valence-corrected chi connectivity index (χ2v) is 8.86. The Morgan fingerprint density at radius 2 is 1.86 bits per heavy atom. The first-order valence-corrected chi connectivity index (χ1v) is 11.8. The third kappa shape index (κ3) is 5.04. The van der Waals surface area contributed by atoms with Gasteiger partial charge in [-0.3, -0.25) is 0 Å². The van der Waals surface area contributed by atoms with E-state index in [-0.39, 0.29) is 11.7 Å². The Morgan fingerprint density at radius 1 is 1.05 bits per heavy atom. The van der Waals surface area contributed by atoms with Gasteiger partial charge in [0.2, 0.25) is 0 Å². The summed E-state index contributed by atoms with van der Waals surface area (Å²) in [5.41, 5.74) is 0.766. The first-order chi connectivity index (χ1) is 17.7. The summed E-state index contributed by atoms with van der Waals surface area (Å²) in [4.78, 5) is 21.6. The van der Waals surface area contributed by atoms with E-state index in [1.807, 2.05) is 49.4 Å². The minimum Gasteiger partial charge on any atom is -0.497 e. The number of hydrogen-bond acceptors (Lipinski definition) is 5. The zero-order chi connectivity index (χ0) is 26.2. The first-order valence-electron chi connectivity index (χ1n) is 11.8. The van der Waals surface area contributed by atoms with Crippen molar-refractivity contribution in [1.82, 2.24) is 9.80 Å². The van der Waals surface area contributed by atoms with Gasteiger partial charge in [0.05, 0.1) is 18.2 Å². The Morgan fingerprint density at radius 3 is 2.62 bits per heavy atom. The summed E-state index contributed by atoms with van der Waals surface area (Å²) in [5.74, 6) is 2.61. The largest absolute Gasteiger partial charge is 0.497 e. The molecule has 0 spiro atoms. The molecule has 0 saturated carbocycles. The number of methoxy groups -OCH3 is 1. The molecule has 1 atom stereocenters. The molecule has 1 saturated heterocycles. The number of nitrogens with one attached hydrogen (secondary N) is 1. The number of fused-ring (bicyclic) bond motifs is 2. The number of rotatable bonds is 2. The summed E-state index contributed by atoms with van der Waals surface area (Å²) in [7, 11) is 1.59. The number of anilines is 1. The number of carbonyl (C=O) groups excluding carboxylic acids is 1. The van der Waals surface area contributed by atoms with Crippen LogP contribution in [-0.4, -0.2) is 54.5 Å². The number of urea groups is 1. The molecule has 10 heteroatoms. The van der Waals surface area contributed by atoms with Crippen molar-refractivity contribution in [2.24, 2.45) is 4.99 Å². The minimum absolute atomic E-state index is 0.0965. The van der Waals surface area contributed by atoms with Gasteiger partial charge < -0.3 is 24.6 Å². The lowest BCUT2D eigenvalue weighted by molar-refractivity contribution is -0.137. The van der Waals surface area contributed by atoms with Crippen LogP contribution in [0.3, 0.4) is 0 Å². The van der Waals surface area contributed by atoms with E-state index in [2.05, 4.69) is 10.2 Å². The Labute approximate surface area is 212 Å². The molecule has 0 bridgehead atoms. The minimum atomic E-state index is -4.48. The number of hydrogen-bond donors (Lipinski definition) is 1. The number of nitrogens with zero attached hydrogens (tertiary/aromatic N) is 3. The molecule has 0 radical (unpaired) electrons. The Kier molecular flexibility index (Phi) is 6.41. The molecular weight excluding hydrogens is 485 g/mol. The van der Waals surface area contributed by atoms with E-state index < -0.39 is 17.8 Å². The Hall–Kier alpha value is -4.21. The fraction of sp³-hybridized carbons (Fsp3) is 0.259. The van der Waals surface area contributed by atoms with Crippen LogP contribution in [0.15, 0.2) is 71.7 Å². The standard InChI is InChI=1S/C27H25F3N4O3/c1-17-16-33(12-13-34(17)26(35)31-19-7-5-6-18(14-19)27(28,29)30)25-21-11-10-20(36-2)15-24(21)37-23-9-4-3-8-22(23)32-25/h3-11,14-15,17H,12-13,16H2,1-2H3,(H,31,35). The van der Waals surface area contributed by atoms with Crippen molar-refractivity contribution in [3.05, 3.63) is 77.9 Å². The lowest BCUT2D eigenvalue weighted by Gasteiger charge is -2.41. The highest BCUT2D eigenvalue weighted by Crippen LogP contribution is 2.39.